The summed E-state index contributed by atoms with van der Waals surface area (Å²) < 4.78 is 1.49. The van der Waals surface area contributed by atoms with Crippen molar-refractivity contribution in [2.45, 2.75) is 0 Å². The molecule has 0 aliphatic heterocycles. The SMILES string of the molecule is O=C(Nc1nccnc1C(=O)O)c1cc(Br)ccc1I. The quantitative estimate of drug-likeness (QED) is 0.706. The Morgan fingerprint density at radius 1 is 1.25 bits per heavy atom. The molecule has 1 amide bonds. The molecule has 0 bridgehead atoms. The average molecular weight is 448 g/mol. The number of rotatable bonds is 3. The van der Waals surface area contributed by atoms with Crippen LogP contribution in [0.4, 0.5) is 5.82 Å². The van der Waals surface area contributed by atoms with Crippen molar-refractivity contribution < 1.29 is 14.7 Å². The highest BCUT2D eigenvalue weighted by molar-refractivity contribution is 14.1. The summed E-state index contributed by atoms with van der Waals surface area (Å²) in [6, 6.07) is 5.23. The summed E-state index contributed by atoms with van der Waals surface area (Å²) in [5, 5.41) is 11.4. The zero-order chi connectivity index (χ0) is 14.7. The van der Waals surface area contributed by atoms with Crippen molar-refractivity contribution in [1.82, 2.24) is 9.97 Å². The molecule has 0 aliphatic rings. The van der Waals surface area contributed by atoms with Crippen LogP contribution in [-0.4, -0.2) is 27.0 Å². The maximum atomic E-state index is 12.2. The predicted octanol–water partition coefficient (Wildman–Crippen LogP) is 2.79. The highest BCUT2D eigenvalue weighted by Crippen LogP contribution is 2.20. The maximum Gasteiger partial charge on any atom is 0.358 e. The molecule has 1 heterocycles. The summed E-state index contributed by atoms with van der Waals surface area (Å²) >= 11 is 5.31. The van der Waals surface area contributed by atoms with Crippen molar-refractivity contribution in [1.29, 1.82) is 0 Å². The van der Waals surface area contributed by atoms with Crippen LogP contribution in [0.1, 0.15) is 20.8 Å². The molecule has 2 aromatic rings. The molecule has 2 N–H and O–H groups in total. The largest absolute Gasteiger partial charge is 0.476 e. The van der Waals surface area contributed by atoms with Gasteiger partial charge in [0.25, 0.3) is 5.91 Å². The molecule has 0 aliphatic carbocycles. The summed E-state index contributed by atoms with van der Waals surface area (Å²) in [5.41, 5.74) is 0.118. The van der Waals surface area contributed by atoms with E-state index in [1.807, 2.05) is 28.7 Å². The second-order valence-electron chi connectivity index (χ2n) is 3.64. The van der Waals surface area contributed by atoms with Gasteiger partial charge in [0, 0.05) is 20.4 Å². The molecule has 0 saturated carbocycles. The Hall–Kier alpha value is -1.55. The molecule has 6 nitrogen and oxygen atoms in total. The Morgan fingerprint density at radius 2 is 1.95 bits per heavy atom. The Bertz CT molecular complexity index is 693. The molecule has 0 unspecified atom stereocenters. The molecule has 0 radical (unpaired) electrons. The summed E-state index contributed by atoms with van der Waals surface area (Å²) in [5.74, 6) is -1.78. The molecule has 1 aromatic heterocycles. The number of aromatic nitrogens is 2. The lowest BCUT2D eigenvalue weighted by Gasteiger charge is -2.08. The van der Waals surface area contributed by atoms with E-state index in [9.17, 15) is 9.59 Å². The Balaban J connectivity index is 2.33. The second-order valence-corrected chi connectivity index (χ2v) is 5.71. The molecule has 0 spiro atoms. The molecule has 0 fully saturated rings. The van der Waals surface area contributed by atoms with E-state index in [2.05, 4.69) is 31.2 Å². The number of hydrogen-bond donors (Lipinski definition) is 2. The van der Waals surface area contributed by atoms with Gasteiger partial charge in [-0.15, -0.1) is 0 Å². The zero-order valence-electron chi connectivity index (χ0n) is 9.80. The third-order valence-corrected chi connectivity index (χ3v) is 3.74. The van der Waals surface area contributed by atoms with Gasteiger partial charge in [0.1, 0.15) is 0 Å². The van der Waals surface area contributed by atoms with Crippen molar-refractivity contribution in [2.24, 2.45) is 0 Å². The second kappa shape index (κ2) is 6.27. The first-order chi connectivity index (χ1) is 9.49. The Labute approximate surface area is 135 Å². The van der Waals surface area contributed by atoms with Crippen LogP contribution in [0.5, 0.6) is 0 Å². The first-order valence-corrected chi connectivity index (χ1v) is 7.17. The number of carboxylic acids is 1. The van der Waals surface area contributed by atoms with E-state index in [1.54, 1.807) is 12.1 Å². The normalized spacial score (nSPS) is 10.1. The van der Waals surface area contributed by atoms with E-state index >= 15 is 0 Å². The lowest BCUT2D eigenvalue weighted by Crippen LogP contribution is -2.18. The van der Waals surface area contributed by atoms with Gasteiger partial charge < -0.3 is 10.4 Å². The van der Waals surface area contributed by atoms with Gasteiger partial charge in [0.2, 0.25) is 0 Å². The predicted molar refractivity (Wildman–Crippen MR) is 83.8 cm³/mol. The van der Waals surface area contributed by atoms with Gasteiger partial charge in [0.15, 0.2) is 11.5 Å². The third kappa shape index (κ3) is 3.31. The summed E-state index contributed by atoms with van der Waals surface area (Å²) in [6.45, 7) is 0. The van der Waals surface area contributed by atoms with E-state index in [1.165, 1.54) is 12.4 Å². The molecule has 2 rings (SSSR count). The number of carbonyl (C=O) groups is 2. The zero-order valence-corrected chi connectivity index (χ0v) is 13.5. The van der Waals surface area contributed by atoms with Gasteiger partial charge in [-0.3, -0.25) is 4.79 Å². The number of nitrogens with zero attached hydrogens (tertiary/aromatic N) is 2. The molecule has 102 valence electrons. The summed E-state index contributed by atoms with van der Waals surface area (Å²) in [6.07, 6.45) is 2.57. The van der Waals surface area contributed by atoms with E-state index in [4.69, 9.17) is 5.11 Å². The molecular formula is C12H7BrIN3O3. The van der Waals surface area contributed by atoms with Crippen LogP contribution in [-0.2, 0) is 0 Å². The average Bonchev–Trinajstić information content (AvgIpc) is 2.41. The van der Waals surface area contributed by atoms with Crippen molar-refractivity contribution >= 4 is 56.2 Å². The summed E-state index contributed by atoms with van der Waals surface area (Å²) in [7, 11) is 0. The van der Waals surface area contributed by atoms with E-state index in [0.29, 0.717) is 5.56 Å². The number of anilines is 1. The number of aromatic carboxylic acids is 1. The number of carboxylic acid groups (broad SMARTS) is 1. The van der Waals surface area contributed by atoms with Crippen LogP contribution >= 0.6 is 38.5 Å². The Kier molecular flexibility index (Phi) is 4.65. The monoisotopic (exact) mass is 447 g/mol. The first-order valence-electron chi connectivity index (χ1n) is 5.29. The highest BCUT2D eigenvalue weighted by Gasteiger charge is 2.17. The van der Waals surface area contributed by atoms with Crippen molar-refractivity contribution in [3.05, 3.63) is 49.9 Å². The van der Waals surface area contributed by atoms with Crippen LogP contribution in [0.15, 0.2) is 35.1 Å². The van der Waals surface area contributed by atoms with E-state index in [-0.39, 0.29) is 11.5 Å². The number of nitrogens with one attached hydrogen (secondary N) is 1. The minimum Gasteiger partial charge on any atom is -0.476 e. The molecule has 0 atom stereocenters. The van der Waals surface area contributed by atoms with E-state index < -0.39 is 11.9 Å². The van der Waals surface area contributed by atoms with Gasteiger partial charge in [0.05, 0.1) is 5.56 Å². The van der Waals surface area contributed by atoms with Crippen LogP contribution < -0.4 is 5.32 Å². The smallest absolute Gasteiger partial charge is 0.358 e. The molecule has 0 saturated heterocycles. The van der Waals surface area contributed by atoms with Gasteiger partial charge in [-0.1, -0.05) is 15.9 Å². The van der Waals surface area contributed by atoms with Crippen LogP contribution in [0.2, 0.25) is 0 Å². The van der Waals surface area contributed by atoms with Crippen LogP contribution in [0, 0.1) is 3.57 Å². The number of carbonyl (C=O) groups excluding carboxylic acids is 1. The number of hydrogen-bond acceptors (Lipinski definition) is 4. The fraction of sp³-hybridized carbons (Fsp3) is 0. The fourth-order valence-electron chi connectivity index (χ4n) is 1.43. The van der Waals surface area contributed by atoms with Crippen LogP contribution in [0.3, 0.4) is 0 Å². The van der Waals surface area contributed by atoms with Gasteiger partial charge in [-0.25, -0.2) is 14.8 Å². The minimum atomic E-state index is -1.25. The van der Waals surface area contributed by atoms with Gasteiger partial charge >= 0.3 is 5.97 Å². The lowest BCUT2D eigenvalue weighted by molar-refractivity contribution is 0.0691. The number of amides is 1. The van der Waals surface area contributed by atoms with E-state index in [0.717, 1.165) is 8.04 Å². The topological polar surface area (TPSA) is 92.2 Å². The Morgan fingerprint density at radius 3 is 2.65 bits per heavy atom. The van der Waals surface area contributed by atoms with Crippen molar-refractivity contribution in [2.75, 3.05) is 5.32 Å². The van der Waals surface area contributed by atoms with Crippen molar-refractivity contribution in [3.8, 4) is 0 Å². The number of halogens is 2. The molecule has 20 heavy (non-hydrogen) atoms. The molecule has 1 aromatic carbocycles. The minimum absolute atomic E-state index is 0.0826. The standard InChI is InChI=1S/C12H7BrIN3O3/c13-6-1-2-8(14)7(5-6)11(18)17-10-9(12(19)20)15-3-4-16-10/h1-5H,(H,19,20)(H,16,17,18). The van der Waals surface area contributed by atoms with Gasteiger partial charge in [-0.05, 0) is 40.8 Å². The highest BCUT2D eigenvalue weighted by atomic mass is 127. The lowest BCUT2D eigenvalue weighted by atomic mass is 10.2. The maximum absolute atomic E-state index is 12.2. The molecular weight excluding hydrogens is 441 g/mol. The fourth-order valence-corrected chi connectivity index (χ4v) is 2.37. The number of benzene rings is 1. The summed E-state index contributed by atoms with van der Waals surface area (Å²) in [4.78, 5) is 30.7. The third-order valence-electron chi connectivity index (χ3n) is 2.31. The van der Waals surface area contributed by atoms with Gasteiger partial charge in [-0.2, -0.15) is 0 Å². The van der Waals surface area contributed by atoms with Crippen molar-refractivity contribution in [3.63, 3.8) is 0 Å². The van der Waals surface area contributed by atoms with Crippen LogP contribution in [0.25, 0.3) is 0 Å². The first kappa shape index (κ1) is 14.9. The molecule has 8 heteroatoms.